The second kappa shape index (κ2) is 11.5. The summed E-state index contributed by atoms with van der Waals surface area (Å²) in [6.07, 6.45) is 1.74. The van der Waals surface area contributed by atoms with Crippen LogP contribution < -0.4 is 20.1 Å². The second-order valence-electron chi connectivity index (χ2n) is 6.56. The minimum Gasteiger partial charge on any atom is -0.494 e. The molecule has 0 aliphatic rings. The largest absolute Gasteiger partial charge is 0.494 e. The number of aliphatic imine (C=N–C) groups is 1. The van der Waals surface area contributed by atoms with Gasteiger partial charge in [0.1, 0.15) is 12.4 Å². The monoisotopic (exact) mass is 404 g/mol. The summed E-state index contributed by atoms with van der Waals surface area (Å²) in [7, 11) is 1.75. The van der Waals surface area contributed by atoms with Crippen LogP contribution in [-0.4, -0.2) is 24.6 Å². The minimum absolute atomic E-state index is 0.478. The predicted molar refractivity (Wildman–Crippen MR) is 120 cm³/mol. The molecule has 0 saturated heterocycles. The van der Waals surface area contributed by atoms with Crippen molar-refractivity contribution in [3.8, 4) is 11.6 Å². The summed E-state index contributed by atoms with van der Waals surface area (Å²) < 4.78 is 11.6. The lowest BCUT2D eigenvalue weighted by molar-refractivity contribution is 0.290. The van der Waals surface area contributed by atoms with Gasteiger partial charge in [-0.2, -0.15) is 0 Å². The van der Waals surface area contributed by atoms with Crippen molar-refractivity contribution in [2.45, 2.75) is 26.6 Å². The van der Waals surface area contributed by atoms with Crippen molar-refractivity contribution < 1.29 is 9.47 Å². The van der Waals surface area contributed by atoms with Crippen LogP contribution in [0.3, 0.4) is 0 Å². The van der Waals surface area contributed by atoms with E-state index in [4.69, 9.17) is 9.47 Å². The number of pyridine rings is 1. The molecule has 0 amide bonds. The Morgan fingerprint density at radius 3 is 2.33 bits per heavy atom. The third-order valence-corrected chi connectivity index (χ3v) is 4.46. The summed E-state index contributed by atoms with van der Waals surface area (Å²) in [6, 6.07) is 22.0. The Bertz CT molecular complexity index is 945. The first-order valence-electron chi connectivity index (χ1n) is 10.1. The molecule has 1 aromatic heterocycles. The molecule has 0 unspecified atom stereocenters. The molecule has 1 heterocycles. The number of hydrogen-bond acceptors (Lipinski definition) is 4. The van der Waals surface area contributed by atoms with Gasteiger partial charge in [0.05, 0.1) is 6.61 Å². The lowest BCUT2D eigenvalue weighted by Gasteiger charge is -2.15. The van der Waals surface area contributed by atoms with Crippen molar-refractivity contribution in [2.75, 3.05) is 13.7 Å². The van der Waals surface area contributed by atoms with E-state index in [9.17, 15) is 0 Å². The number of benzene rings is 2. The lowest BCUT2D eigenvalue weighted by Crippen LogP contribution is -2.36. The Kier molecular flexibility index (Phi) is 8.09. The van der Waals surface area contributed by atoms with E-state index in [2.05, 4.69) is 20.6 Å². The van der Waals surface area contributed by atoms with Gasteiger partial charge in [0.2, 0.25) is 5.88 Å². The van der Waals surface area contributed by atoms with Crippen LogP contribution in [0.2, 0.25) is 0 Å². The molecule has 3 aromatic rings. The minimum atomic E-state index is 0.478. The van der Waals surface area contributed by atoms with E-state index >= 15 is 0 Å². The van der Waals surface area contributed by atoms with Gasteiger partial charge in [-0.1, -0.05) is 54.6 Å². The van der Waals surface area contributed by atoms with E-state index in [1.807, 2.05) is 73.7 Å². The van der Waals surface area contributed by atoms with E-state index < -0.39 is 0 Å². The number of ether oxygens (including phenoxy) is 2. The number of rotatable bonds is 9. The van der Waals surface area contributed by atoms with Gasteiger partial charge in [-0.15, -0.1) is 0 Å². The summed E-state index contributed by atoms with van der Waals surface area (Å²) in [4.78, 5) is 8.69. The molecule has 2 N–H and O–H groups in total. The zero-order chi connectivity index (χ0) is 21.0. The molecule has 30 heavy (non-hydrogen) atoms. The van der Waals surface area contributed by atoms with E-state index in [1.165, 1.54) is 0 Å². The molecular formula is C24H28N4O2. The summed E-state index contributed by atoms with van der Waals surface area (Å²) in [6.45, 7) is 4.25. The van der Waals surface area contributed by atoms with Crippen LogP contribution >= 0.6 is 0 Å². The highest BCUT2D eigenvalue weighted by Crippen LogP contribution is 2.18. The van der Waals surface area contributed by atoms with Crippen LogP contribution in [0.1, 0.15) is 23.6 Å². The Balaban J connectivity index is 1.56. The zero-order valence-electron chi connectivity index (χ0n) is 17.5. The first kappa shape index (κ1) is 21.2. The fourth-order valence-electron chi connectivity index (χ4n) is 2.94. The lowest BCUT2D eigenvalue weighted by atomic mass is 10.2. The van der Waals surface area contributed by atoms with Crippen LogP contribution in [0, 0.1) is 0 Å². The van der Waals surface area contributed by atoms with Crippen molar-refractivity contribution in [1.29, 1.82) is 0 Å². The van der Waals surface area contributed by atoms with Crippen molar-refractivity contribution in [2.24, 2.45) is 4.99 Å². The number of guanidine groups is 1. The Morgan fingerprint density at radius 1 is 0.867 bits per heavy atom. The molecule has 6 nitrogen and oxygen atoms in total. The Morgan fingerprint density at radius 2 is 1.57 bits per heavy atom. The molecule has 0 spiro atoms. The smallest absolute Gasteiger partial charge is 0.218 e. The summed E-state index contributed by atoms with van der Waals surface area (Å²) in [5.74, 6) is 2.19. The maximum Gasteiger partial charge on any atom is 0.218 e. The first-order valence-corrected chi connectivity index (χ1v) is 10.1. The number of nitrogens with zero attached hydrogens (tertiary/aromatic N) is 2. The highest BCUT2D eigenvalue weighted by atomic mass is 16.5. The molecule has 156 valence electrons. The van der Waals surface area contributed by atoms with Crippen LogP contribution in [0.5, 0.6) is 11.6 Å². The maximum atomic E-state index is 5.93. The van der Waals surface area contributed by atoms with Gasteiger partial charge in [-0.25, -0.2) is 4.98 Å². The zero-order valence-corrected chi connectivity index (χ0v) is 17.5. The van der Waals surface area contributed by atoms with Crippen LogP contribution in [0.15, 0.2) is 77.9 Å². The molecule has 0 radical (unpaired) electrons. The topological polar surface area (TPSA) is 67.8 Å². The Hall–Kier alpha value is -3.54. The SMILES string of the molecule is CCOc1ccccc1CNC(=NC)NCc1cccnc1OCc1ccccc1. The van der Waals surface area contributed by atoms with E-state index in [0.29, 0.717) is 38.1 Å². The van der Waals surface area contributed by atoms with E-state index in [-0.39, 0.29) is 0 Å². The standard InChI is InChI=1S/C24H28N4O2/c1-3-29-22-14-8-7-12-20(22)16-27-24(25-2)28-17-21-13-9-15-26-23(21)30-18-19-10-5-4-6-11-19/h4-15H,3,16-18H2,1-2H3,(H2,25,27,28). The van der Waals surface area contributed by atoms with Gasteiger partial charge in [-0.3, -0.25) is 4.99 Å². The summed E-state index contributed by atoms with van der Waals surface area (Å²) >= 11 is 0. The predicted octanol–water partition coefficient (Wildman–Crippen LogP) is 3.92. The molecule has 2 aromatic carbocycles. The molecule has 0 aliphatic heterocycles. The van der Waals surface area contributed by atoms with Gasteiger partial charge in [-0.05, 0) is 24.6 Å². The molecule has 0 aliphatic carbocycles. The van der Waals surface area contributed by atoms with Gasteiger partial charge in [0.15, 0.2) is 5.96 Å². The highest BCUT2D eigenvalue weighted by Gasteiger charge is 2.08. The third kappa shape index (κ3) is 6.24. The molecule has 0 saturated carbocycles. The third-order valence-electron chi connectivity index (χ3n) is 4.46. The number of hydrogen-bond donors (Lipinski definition) is 2. The van der Waals surface area contributed by atoms with Crippen molar-refractivity contribution in [1.82, 2.24) is 15.6 Å². The number of para-hydroxylation sites is 1. The number of aromatic nitrogens is 1. The van der Waals surface area contributed by atoms with Gasteiger partial charge < -0.3 is 20.1 Å². The average molecular weight is 405 g/mol. The summed E-state index contributed by atoms with van der Waals surface area (Å²) in [5.41, 5.74) is 3.15. The van der Waals surface area contributed by atoms with Crippen molar-refractivity contribution >= 4 is 5.96 Å². The molecule has 6 heteroatoms. The summed E-state index contributed by atoms with van der Waals surface area (Å²) in [5, 5.41) is 6.65. The van der Waals surface area contributed by atoms with Crippen molar-refractivity contribution in [3.63, 3.8) is 0 Å². The molecule has 3 rings (SSSR count). The first-order chi connectivity index (χ1) is 14.8. The van der Waals surface area contributed by atoms with Crippen molar-refractivity contribution in [3.05, 3.63) is 89.6 Å². The quantitative estimate of drug-likeness (QED) is 0.418. The second-order valence-corrected chi connectivity index (χ2v) is 6.56. The number of nitrogens with one attached hydrogen (secondary N) is 2. The fourth-order valence-corrected chi connectivity index (χ4v) is 2.94. The molecule has 0 atom stereocenters. The molecule has 0 fully saturated rings. The maximum absolute atomic E-state index is 5.93. The average Bonchev–Trinajstić information content (AvgIpc) is 2.80. The van der Waals surface area contributed by atoms with E-state index in [1.54, 1.807) is 13.2 Å². The molecule has 0 bridgehead atoms. The van der Waals surface area contributed by atoms with Gasteiger partial charge in [0.25, 0.3) is 0 Å². The van der Waals surface area contributed by atoms with Gasteiger partial charge >= 0.3 is 0 Å². The van der Waals surface area contributed by atoms with Crippen LogP contribution in [-0.2, 0) is 19.7 Å². The van der Waals surface area contributed by atoms with Crippen LogP contribution in [0.4, 0.5) is 0 Å². The fraction of sp³-hybridized carbons (Fsp3) is 0.250. The molecular weight excluding hydrogens is 376 g/mol. The van der Waals surface area contributed by atoms with Gasteiger partial charge in [0, 0.05) is 37.5 Å². The van der Waals surface area contributed by atoms with Crippen LogP contribution in [0.25, 0.3) is 0 Å². The Labute approximate surface area is 178 Å². The van der Waals surface area contributed by atoms with E-state index in [0.717, 1.165) is 22.4 Å². The normalized spacial score (nSPS) is 11.1. The highest BCUT2D eigenvalue weighted by molar-refractivity contribution is 5.79.